The second-order valence-electron chi connectivity index (χ2n) is 14.7. The van der Waals surface area contributed by atoms with Crippen molar-refractivity contribution in [2.24, 2.45) is 22.1 Å². The number of aryl methyl sites for hydroxylation is 1. The molecule has 2 heterocycles. The normalized spacial score (nSPS) is 34.6. The fourth-order valence-corrected chi connectivity index (χ4v) is 10.3. The Morgan fingerprint density at radius 2 is 2.02 bits per heavy atom. The molecule has 264 valence electrons. The number of halogens is 1. The molecule has 0 radical (unpaired) electrons. The Balaban J connectivity index is 1.27. The van der Waals surface area contributed by atoms with Crippen molar-refractivity contribution < 1.29 is 28.0 Å². The molecule has 2 bridgehead atoms. The van der Waals surface area contributed by atoms with E-state index in [0.29, 0.717) is 42.6 Å². The SMILES string of the molecule is CO[C@H]1/C=C/C[C@H](C)C[S@@](=O)(NC(=O)N[C@@H]2C[C@@H]2OC)=NC(=O)c2ccc3c(c2)N(C[C@@H]2CC[C@H]21)C[C@@]1(CCCc2cc(Cl)ccc21)CO3. The zero-order valence-corrected chi connectivity index (χ0v) is 30.1. The number of fused-ring (bicyclic) bond motifs is 4. The number of benzene rings is 2. The number of nitrogens with zero attached hydrogens (tertiary/aromatic N) is 2. The number of hydrogen-bond donors (Lipinski definition) is 2. The van der Waals surface area contributed by atoms with E-state index >= 15 is 0 Å². The summed E-state index contributed by atoms with van der Waals surface area (Å²) < 4.78 is 39.1. The zero-order valence-electron chi connectivity index (χ0n) is 28.5. The highest BCUT2D eigenvalue weighted by atomic mass is 35.5. The van der Waals surface area contributed by atoms with Crippen LogP contribution in [-0.2, 0) is 31.2 Å². The first-order chi connectivity index (χ1) is 23.6. The second kappa shape index (κ2) is 13.9. The Bertz CT molecular complexity index is 1760. The van der Waals surface area contributed by atoms with Gasteiger partial charge in [-0.05, 0) is 104 Å². The third-order valence-electron chi connectivity index (χ3n) is 11.1. The maximum atomic E-state index is 14.3. The molecule has 10 nitrogen and oxygen atoms in total. The van der Waals surface area contributed by atoms with Crippen LogP contribution in [0.1, 0.15) is 66.9 Å². The van der Waals surface area contributed by atoms with Gasteiger partial charge in [-0.15, -0.1) is 4.36 Å². The molecular weight excluding hydrogens is 664 g/mol. The standard InChI is InChI=1S/C37H47ClN4O6S/c1-23-6-4-8-32(46-2)28-12-9-26(28)19-42-21-37(15-5-7-24-16-27(38)11-13-29(24)37)22-48-33-14-10-25(17-31(33)42)35(43)40-49(45,20-23)41-36(44)39-30-18-34(30)47-3/h4,8,10-11,13-14,16-17,23,26,28,30,32,34H,5-7,9,12,15,18-22H2,1-3H3,(H2,39,40,41,43,44,45)/b8-4+/t23-,26-,28+,30+,32-,34-,37-,49-/m0/s1. The quantitative estimate of drug-likeness (QED) is 0.371. The molecule has 2 aromatic carbocycles. The van der Waals surface area contributed by atoms with Crippen LogP contribution in [0, 0.1) is 17.8 Å². The van der Waals surface area contributed by atoms with Crippen LogP contribution in [0.25, 0.3) is 0 Å². The van der Waals surface area contributed by atoms with E-state index in [4.69, 9.17) is 25.8 Å². The van der Waals surface area contributed by atoms with Crippen molar-refractivity contribution in [1.29, 1.82) is 0 Å². The molecular formula is C37H47ClN4O6S. The smallest absolute Gasteiger partial charge is 0.327 e. The van der Waals surface area contributed by atoms with Gasteiger partial charge < -0.3 is 24.4 Å². The summed E-state index contributed by atoms with van der Waals surface area (Å²) in [4.78, 5) is 29.2. The number of rotatable bonds is 4. The van der Waals surface area contributed by atoms with Gasteiger partial charge in [0.05, 0.1) is 36.3 Å². The molecule has 8 atom stereocenters. The summed E-state index contributed by atoms with van der Waals surface area (Å²) in [5, 5.41) is 3.54. The van der Waals surface area contributed by atoms with Crippen LogP contribution in [-0.4, -0.2) is 74.1 Å². The number of urea groups is 1. The molecule has 2 aromatic rings. The molecule has 49 heavy (non-hydrogen) atoms. The first kappa shape index (κ1) is 34.3. The lowest BCUT2D eigenvalue weighted by molar-refractivity contribution is 0.0131. The third kappa shape index (κ3) is 7.22. The molecule has 5 aliphatic rings. The fraction of sp³-hybridized carbons (Fsp3) is 0.568. The number of methoxy groups -OCH3 is 2. The van der Waals surface area contributed by atoms with E-state index in [1.54, 1.807) is 20.3 Å². The summed E-state index contributed by atoms with van der Waals surface area (Å²) in [6.07, 6.45) is 10.5. The van der Waals surface area contributed by atoms with Crippen LogP contribution in [0.5, 0.6) is 5.75 Å². The van der Waals surface area contributed by atoms with Gasteiger partial charge in [0.15, 0.2) is 0 Å². The van der Waals surface area contributed by atoms with Gasteiger partial charge in [0, 0.05) is 43.3 Å². The lowest BCUT2D eigenvalue weighted by Crippen LogP contribution is -2.49. The average Bonchev–Trinajstić information content (AvgIpc) is 3.83. The molecule has 2 N–H and O–H groups in total. The summed E-state index contributed by atoms with van der Waals surface area (Å²) in [5.41, 5.74) is 3.42. The summed E-state index contributed by atoms with van der Waals surface area (Å²) in [6.45, 7) is 3.97. The molecule has 2 fully saturated rings. The minimum absolute atomic E-state index is 0.0185. The molecule has 3 amide bonds. The maximum Gasteiger partial charge on any atom is 0.327 e. The van der Waals surface area contributed by atoms with Gasteiger partial charge in [-0.2, -0.15) is 0 Å². The minimum atomic E-state index is -3.48. The van der Waals surface area contributed by atoms with Crippen molar-refractivity contribution in [2.45, 2.75) is 75.5 Å². The van der Waals surface area contributed by atoms with E-state index in [9.17, 15) is 13.8 Å². The van der Waals surface area contributed by atoms with E-state index in [-0.39, 0.29) is 35.3 Å². The first-order valence-corrected chi connectivity index (χ1v) is 19.6. The van der Waals surface area contributed by atoms with Gasteiger partial charge in [0.2, 0.25) is 0 Å². The molecule has 0 saturated heterocycles. The topological polar surface area (TPSA) is 119 Å². The Morgan fingerprint density at radius 3 is 2.78 bits per heavy atom. The predicted molar refractivity (Wildman–Crippen MR) is 191 cm³/mol. The van der Waals surface area contributed by atoms with E-state index in [1.165, 1.54) is 11.1 Å². The van der Waals surface area contributed by atoms with Crippen LogP contribution >= 0.6 is 11.6 Å². The third-order valence-corrected chi connectivity index (χ3v) is 13.3. The van der Waals surface area contributed by atoms with Gasteiger partial charge in [0.1, 0.15) is 15.7 Å². The second-order valence-corrected chi connectivity index (χ2v) is 17.1. The highest BCUT2D eigenvalue weighted by Crippen LogP contribution is 2.47. The Morgan fingerprint density at radius 1 is 1.16 bits per heavy atom. The predicted octanol–water partition coefficient (Wildman–Crippen LogP) is 6.06. The molecule has 1 spiro atoms. The average molecular weight is 711 g/mol. The number of amides is 3. The monoisotopic (exact) mass is 710 g/mol. The van der Waals surface area contributed by atoms with Gasteiger partial charge >= 0.3 is 6.03 Å². The molecule has 2 saturated carbocycles. The Labute approximate surface area is 294 Å². The van der Waals surface area contributed by atoms with Gasteiger partial charge in [-0.3, -0.25) is 9.52 Å². The molecule has 0 aromatic heterocycles. The lowest BCUT2D eigenvalue weighted by Gasteiger charge is -2.46. The number of anilines is 1. The molecule has 7 rings (SSSR count). The van der Waals surface area contributed by atoms with E-state index in [0.717, 1.165) is 55.9 Å². The van der Waals surface area contributed by atoms with Crippen LogP contribution in [0.4, 0.5) is 10.5 Å². The Hall–Kier alpha value is -3.12. The zero-order chi connectivity index (χ0) is 34.3. The summed E-state index contributed by atoms with van der Waals surface area (Å²) >= 11 is 6.45. The van der Waals surface area contributed by atoms with Crippen LogP contribution in [0.3, 0.4) is 0 Å². The molecule has 3 aliphatic carbocycles. The van der Waals surface area contributed by atoms with Crippen LogP contribution < -0.4 is 19.7 Å². The number of allylic oxidation sites excluding steroid dienone is 1. The number of carbonyl (C=O) groups is 2. The fourth-order valence-electron chi connectivity index (χ4n) is 8.29. The van der Waals surface area contributed by atoms with Crippen molar-refractivity contribution in [3.63, 3.8) is 0 Å². The van der Waals surface area contributed by atoms with Crippen molar-refractivity contribution >= 4 is 39.1 Å². The van der Waals surface area contributed by atoms with Crippen molar-refractivity contribution in [3.8, 4) is 5.75 Å². The maximum absolute atomic E-state index is 14.3. The van der Waals surface area contributed by atoms with E-state index in [2.05, 4.69) is 43.6 Å². The Kier molecular flexibility index (Phi) is 9.73. The number of ether oxygens (including phenoxy) is 3. The molecule has 2 aliphatic heterocycles. The van der Waals surface area contributed by atoms with Crippen molar-refractivity contribution in [3.05, 3.63) is 70.3 Å². The number of carbonyl (C=O) groups excluding carboxylic acids is 2. The minimum Gasteiger partial charge on any atom is -0.490 e. The molecule has 12 heteroatoms. The van der Waals surface area contributed by atoms with E-state index in [1.807, 2.05) is 25.1 Å². The van der Waals surface area contributed by atoms with Gasteiger partial charge in [-0.25, -0.2) is 9.00 Å². The summed E-state index contributed by atoms with van der Waals surface area (Å²) in [6, 6.07) is 10.8. The van der Waals surface area contributed by atoms with Crippen molar-refractivity contribution in [1.82, 2.24) is 10.0 Å². The highest BCUT2D eigenvalue weighted by molar-refractivity contribution is 7.92. The van der Waals surface area contributed by atoms with Crippen LogP contribution in [0.2, 0.25) is 5.02 Å². The van der Waals surface area contributed by atoms with Crippen LogP contribution in [0.15, 0.2) is 52.9 Å². The lowest BCUT2D eigenvalue weighted by atomic mass is 9.68. The number of hydrogen-bond acceptors (Lipinski definition) is 7. The first-order valence-electron chi connectivity index (χ1n) is 17.5. The van der Waals surface area contributed by atoms with E-state index < -0.39 is 21.9 Å². The van der Waals surface area contributed by atoms with Gasteiger partial charge in [0.25, 0.3) is 5.91 Å². The summed E-state index contributed by atoms with van der Waals surface area (Å²) in [5.74, 6) is 0.700. The van der Waals surface area contributed by atoms with Crippen molar-refractivity contribution in [2.75, 3.05) is 44.6 Å². The van der Waals surface area contributed by atoms with Gasteiger partial charge in [-0.1, -0.05) is 36.7 Å². The highest BCUT2D eigenvalue weighted by Gasteiger charge is 2.44. The number of nitrogens with one attached hydrogen (secondary N) is 2. The molecule has 0 unspecified atom stereocenters. The summed E-state index contributed by atoms with van der Waals surface area (Å²) in [7, 11) is -0.129. The largest absolute Gasteiger partial charge is 0.490 e.